The number of hydrogen-bond acceptors (Lipinski definition) is 6. The molecule has 0 aliphatic carbocycles. The molecule has 1 atom stereocenters. The molecule has 2 heterocycles. The van der Waals surface area contributed by atoms with Crippen LogP contribution in [0, 0.1) is 26.7 Å². The number of fused-ring (bicyclic) bond motifs is 1. The lowest BCUT2D eigenvalue weighted by Crippen LogP contribution is -2.45. The van der Waals surface area contributed by atoms with Crippen LogP contribution in [0.25, 0.3) is 11.0 Å². The van der Waals surface area contributed by atoms with Crippen molar-refractivity contribution in [2.45, 2.75) is 47.1 Å². The number of ether oxygens (including phenoxy) is 1. The fourth-order valence-corrected chi connectivity index (χ4v) is 5.62. The second-order valence-corrected chi connectivity index (χ2v) is 10.8. The van der Waals surface area contributed by atoms with Crippen LogP contribution < -0.4 is 10.4 Å². The topological polar surface area (TPSA) is 93.9 Å². The van der Waals surface area contributed by atoms with Gasteiger partial charge in [0, 0.05) is 18.2 Å². The maximum atomic E-state index is 13.0. The van der Waals surface area contributed by atoms with E-state index < -0.39 is 15.5 Å². The SMILES string of the molecule is Cc1cc(OCC(=O)N(CC(C)C)C2CCS(=O)(=O)C2)c2c(C)c(C)c(=O)oc2c1. The van der Waals surface area contributed by atoms with E-state index in [9.17, 15) is 18.0 Å². The number of carbonyl (C=O) groups is 1. The molecular formula is C22H29NO6S. The van der Waals surface area contributed by atoms with Gasteiger partial charge >= 0.3 is 5.63 Å². The zero-order valence-corrected chi connectivity index (χ0v) is 19.0. The standard InChI is InChI=1S/C22H29NO6S/c1-13(2)10-23(17-6-7-30(26,27)12-17)20(24)11-28-18-8-14(3)9-19-21(18)15(4)16(5)22(25)29-19/h8-9,13,17H,6-7,10-12H2,1-5H3. The van der Waals surface area contributed by atoms with Crippen LogP contribution in [0.3, 0.4) is 0 Å². The van der Waals surface area contributed by atoms with Gasteiger partial charge < -0.3 is 14.1 Å². The summed E-state index contributed by atoms with van der Waals surface area (Å²) in [6.45, 7) is 9.63. The lowest BCUT2D eigenvalue weighted by Gasteiger charge is -2.30. The third kappa shape index (κ3) is 4.69. The molecule has 0 N–H and O–H groups in total. The van der Waals surface area contributed by atoms with Crippen molar-refractivity contribution < 1.29 is 22.4 Å². The lowest BCUT2D eigenvalue weighted by molar-refractivity contribution is -0.135. The molecule has 1 fully saturated rings. The van der Waals surface area contributed by atoms with E-state index in [1.807, 2.05) is 33.8 Å². The third-order valence-electron chi connectivity index (χ3n) is 5.54. The first kappa shape index (κ1) is 22.3. The van der Waals surface area contributed by atoms with Crippen molar-refractivity contribution in [3.8, 4) is 5.75 Å². The number of sulfone groups is 1. The quantitative estimate of drug-likeness (QED) is 0.648. The summed E-state index contributed by atoms with van der Waals surface area (Å²) >= 11 is 0. The molecule has 1 saturated heterocycles. The number of rotatable bonds is 6. The van der Waals surface area contributed by atoms with E-state index >= 15 is 0 Å². The maximum absolute atomic E-state index is 13.0. The second kappa shape index (κ2) is 8.41. The highest BCUT2D eigenvalue weighted by Gasteiger charge is 2.35. The first-order chi connectivity index (χ1) is 14.0. The fourth-order valence-electron chi connectivity index (χ4n) is 3.89. The summed E-state index contributed by atoms with van der Waals surface area (Å²) in [7, 11) is -3.10. The van der Waals surface area contributed by atoms with Gasteiger partial charge in [0.05, 0.1) is 16.9 Å². The van der Waals surface area contributed by atoms with Gasteiger partial charge in [-0.3, -0.25) is 4.79 Å². The van der Waals surface area contributed by atoms with E-state index in [0.29, 0.717) is 35.2 Å². The van der Waals surface area contributed by atoms with Gasteiger partial charge in [-0.25, -0.2) is 13.2 Å². The Hall–Kier alpha value is -2.35. The van der Waals surface area contributed by atoms with Crippen LogP contribution in [-0.2, 0) is 14.6 Å². The number of aryl methyl sites for hydroxylation is 2. The Morgan fingerprint density at radius 2 is 1.93 bits per heavy atom. The minimum Gasteiger partial charge on any atom is -0.483 e. The van der Waals surface area contributed by atoms with Crippen molar-refractivity contribution in [2.24, 2.45) is 5.92 Å². The van der Waals surface area contributed by atoms with Crippen LogP contribution in [0.2, 0.25) is 0 Å². The highest BCUT2D eigenvalue weighted by Crippen LogP contribution is 2.31. The molecule has 1 aliphatic heterocycles. The molecule has 0 radical (unpaired) electrons. The zero-order valence-electron chi connectivity index (χ0n) is 18.1. The average Bonchev–Trinajstić information content (AvgIpc) is 3.01. The van der Waals surface area contributed by atoms with E-state index in [-0.39, 0.29) is 36.0 Å². The zero-order chi connectivity index (χ0) is 22.2. The van der Waals surface area contributed by atoms with Crippen LogP contribution in [0.5, 0.6) is 5.75 Å². The smallest absolute Gasteiger partial charge is 0.339 e. The average molecular weight is 436 g/mol. The van der Waals surface area contributed by atoms with Gasteiger partial charge in [-0.2, -0.15) is 0 Å². The molecule has 7 nitrogen and oxygen atoms in total. The molecule has 30 heavy (non-hydrogen) atoms. The van der Waals surface area contributed by atoms with Crippen LogP contribution >= 0.6 is 0 Å². The van der Waals surface area contributed by atoms with Crippen LogP contribution in [-0.4, -0.2) is 49.9 Å². The first-order valence-corrected chi connectivity index (χ1v) is 12.0. The van der Waals surface area contributed by atoms with E-state index in [1.54, 1.807) is 17.9 Å². The van der Waals surface area contributed by atoms with Gasteiger partial charge in [0.25, 0.3) is 5.91 Å². The molecule has 1 unspecified atom stereocenters. The Bertz CT molecular complexity index is 1130. The van der Waals surface area contributed by atoms with Gasteiger partial charge in [-0.05, 0) is 56.4 Å². The Labute approximate surface area is 176 Å². The number of carbonyl (C=O) groups excluding carboxylic acids is 1. The highest BCUT2D eigenvalue weighted by atomic mass is 32.2. The van der Waals surface area contributed by atoms with Gasteiger partial charge in [0.2, 0.25) is 0 Å². The molecule has 0 saturated carbocycles. The first-order valence-electron chi connectivity index (χ1n) is 10.2. The number of amides is 1. The van der Waals surface area contributed by atoms with E-state index in [2.05, 4.69) is 0 Å². The van der Waals surface area contributed by atoms with Crippen molar-refractivity contribution in [1.82, 2.24) is 4.90 Å². The van der Waals surface area contributed by atoms with E-state index in [0.717, 1.165) is 11.1 Å². The summed E-state index contributed by atoms with van der Waals surface area (Å²) in [6.07, 6.45) is 0.456. The van der Waals surface area contributed by atoms with Crippen LogP contribution in [0.4, 0.5) is 0 Å². The normalized spacial score (nSPS) is 18.1. The Morgan fingerprint density at radius 1 is 1.23 bits per heavy atom. The Morgan fingerprint density at radius 3 is 2.53 bits per heavy atom. The predicted molar refractivity (Wildman–Crippen MR) is 116 cm³/mol. The highest BCUT2D eigenvalue weighted by molar-refractivity contribution is 7.91. The Balaban J connectivity index is 1.87. The molecule has 0 bridgehead atoms. The summed E-state index contributed by atoms with van der Waals surface area (Å²) in [4.78, 5) is 26.7. The van der Waals surface area contributed by atoms with Crippen molar-refractivity contribution in [3.63, 3.8) is 0 Å². The minimum atomic E-state index is -3.10. The van der Waals surface area contributed by atoms with Crippen LogP contribution in [0.15, 0.2) is 21.3 Å². The number of benzene rings is 1. The van der Waals surface area contributed by atoms with Gasteiger partial charge in [-0.15, -0.1) is 0 Å². The fraction of sp³-hybridized carbons (Fsp3) is 0.545. The molecule has 3 rings (SSSR count). The van der Waals surface area contributed by atoms with Crippen molar-refractivity contribution in [1.29, 1.82) is 0 Å². The molecule has 1 aromatic carbocycles. The molecule has 1 aliphatic rings. The van der Waals surface area contributed by atoms with Crippen molar-refractivity contribution in [3.05, 3.63) is 39.2 Å². The minimum absolute atomic E-state index is 0.00228. The van der Waals surface area contributed by atoms with E-state index in [1.165, 1.54) is 0 Å². The largest absolute Gasteiger partial charge is 0.483 e. The van der Waals surface area contributed by atoms with Crippen molar-refractivity contribution >= 4 is 26.7 Å². The summed E-state index contributed by atoms with van der Waals surface area (Å²) in [5, 5.41) is 0.671. The molecule has 0 spiro atoms. The molecule has 8 heteroatoms. The monoisotopic (exact) mass is 435 g/mol. The number of nitrogens with zero attached hydrogens (tertiary/aromatic N) is 1. The molecule has 1 aromatic heterocycles. The summed E-state index contributed by atoms with van der Waals surface area (Å²) in [6, 6.07) is 3.27. The van der Waals surface area contributed by atoms with Gasteiger partial charge in [0.1, 0.15) is 11.3 Å². The summed E-state index contributed by atoms with van der Waals surface area (Å²) in [5.41, 5.74) is 2.13. The van der Waals surface area contributed by atoms with Crippen LogP contribution in [0.1, 0.15) is 37.0 Å². The van der Waals surface area contributed by atoms with Gasteiger partial charge in [0.15, 0.2) is 16.4 Å². The summed E-state index contributed by atoms with van der Waals surface area (Å²) < 4.78 is 35.1. The van der Waals surface area contributed by atoms with Gasteiger partial charge in [-0.1, -0.05) is 13.8 Å². The number of hydrogen-bond donors (Lipinski definition) is 0. The molecule has 2 aromatic rings. The third-order valence-corrected chi connectivity index (χ3v) is 7.29. The molecular weight excluding hydrogens is 406 g/mol. The summed E-state index contributed by atoms with van der Waals surface area (Å²) in [5.74, 6) is 0.553. The van der Waals surface area contributed by atoms with Crippen molar-refractivity contribution in [2.75, 3.05) is 24.7 Å². The predicted octanol–water partition coefficient (Wildman–Crippen LogP) is 2.77. The maximum Gasteiger partial charge on any atom is 0.339 e. The second-order valence-electron chi connectivity index (χ2n) is 8.56. The van der Waals surface area contributed by atoms with E-state index in [4.69, 9.17) is 9.15 Å². The lowest BCUT2D eigenvalue weighted by atomic mass is 10.0. The Kier molecular flexibility index (Phi) is 6.26. The molecule has 1 amide bonds. The molecule has 164 valence electrons.